The molecule has 0 saturated heterocycles. The molecule has 4 heteroatoms. The van der Waals surface area contributed by atoms with Crippen molar-refractivity contribution >= 4 is 18.1 Å². The minimum absolute atomic E-state index is 0. The van der Waals surface area contributed by atoms with Crippen molar-refractivity contribution in [3.05, 3.63) is 29.8 Å². The lowest BCUT2D eigenvalue weighted by Gasteiger charge is -2.13. The van der Waals surface area contributed by atoms with E-state index in [1.807, 2.05) is 24.3 Å². The molecule has 0 amide bonds. The molecular formula is C8H9ClN2O. The summed E-state index contributed by atoms with van der Waals surface area (Å²) >= 11 is 0. The molecule has 1 aliphatic heterocycles. The van der Waals surface area contributed by atoms with Crippen LogP contribution in [-0.2, 0) is 0 Å². The second-order valence-corrected chi connectivity index (χ2v) is 2.50. The molecule has 0 saturated carbocycles. The Morgan fingerprint density at radius 2 is 2.08 bits per heavy atom. The fraction of sp³-hybridized carbons (Fsp3) is 0.250. The van der Waals surface area contributed by atoms with Gasteiger partial charge < -0.3 is 5.11 Å². The normalized spacial score (nSPS) is 19.6. The molecular weight excluding hydrogens is 176 g/mol. The number of aliphatic hydroxyl groups excluding tert-OH is 1. The number of nitrogens with zero attached hydrogens (tertiary/aromatic N) is 2. The lowest BCUT2D eigenvalue weighted by atomic mass is 10.1. The summed E-state index contributed by atoms with van der Waals surface area (Å²) in [5.41, 5.74) is 1.66. The molecule has 3 nitrogen and oxygen atoms in total. The van der Waals surface area contributed by atoms with Crippen molar-refractivity contribution in [1.82, 2.24) is 0 Å². The van der Waals surface area contributed by atoms with Crippen molar-refractivity contribution in [2.45, 2.75) is 6.10 Å². The van der Waals surface area contributed by atoms with Gasteiger partial charge in [-0.1, -0.05) is 18.2 Å². The summed E-state index contributed by atoms with van der Waals surface area (Å²) in [4.78, 5) is 0. The zero-order chi connectivity index (χ0) is 7.68. The number of hydrogen-bond donors (Lipinski definition) is 1. The first-order valence-electron chi connectivity index (χ1n) is 3.52. The van der Waals surface area contributed by atoms with Crippen molar-refractivity contribution in [2.75, 3.05) is 6.54 Å². The Morgan fingerprint density at radius 1 is 1.33 bits per heavy atom. The van der Waals surface area contributed by atoms with E-state index in [0.717, 1.165) is 11.3 Å². The average molecular weight is 185 g/mol. The van der Waals surface area contributed by atoms with Gasteiger partial charge in [0.1, 0.15) is 6.10 Å². The van der Waals surface area contributed by atoms with Crippen molar-refractivity contribution in [2.24, 2.45) is 10.2 Å². The van der Waals surface area contributed by atoms with Crippen molar-refractivity contribution < 1.29 is 5.11 Å². The van der Waals surface area contributed by atoms with Crippen LogP contribution in [0.15, 0.2) is 34.5 Å². The number of aliphatic hydroxyl groups is 1. The fourth-order valence-corrected chi connectivity index (χ4v) is 1.15. The summed E-state index contributed by atoms with van der Waals surface area (Å²) < 4.78 is 0. The van der Waals surface area contributed by atoms with Gasteiger partial charge in [0, 0.05) is 5.56 Å². The van der Waals surface area contributed by atoms with E-state index in [1.54, 1.807) is 0 Å². The van der Waals surface area contributed by atoms with Crippen LogP contribution in [0.1, 0.15) is 11.7 Å². The van der Waals surface area contributed by atoms with E-state index in [0.29, 0.717) is 6.54 Å². The van der Waals surface area contributed by atoms with Crippen molar-refractivity contribution in [3.63, 3.8) is 0 Å². The molecule has 12 heavy (non-hydrogen) atoms. The van der Waals surface area contributed by atoms with Crippen molar-refractivity contribution in [1.29, 1.82) is 0 Å². The summed E-state index contributed by atoms with van der Waals surface area (Å²) in [7, 11) is 0. The van der Waals surface area contributed by atoms with E-state index in [-0.39, 0.29) is 12.4 Å². The summed E-state index contributed by atoms with van der Waals surface area (Å²) in [5, 5.41) is 17.1. The molecule has 0 fully saturated rings. The first kappa shape index (κ1) is 9.16. The molecule has 0 aromatic heterocycles. The molecule has 2 rings (SSSR count). The maximum atomic E-state index is 9.41. The highest BCUT2D eigenvalue weighted by Gasteiger charge is 2.14. The Kier molecular flexibility index (Phi) is 2.78. The van der Waals surface area contributed by atoms with Gasteiger partial charge in [-0.3, -0.25) is 0 Å². The minimum Gasteiger partial charge on any atom is -0.386 e. The highest BCUT2D eigenvalue weighted by Crippen LogP contribution is 2.29. The molecule has 0 aliphatic carbocycles. The van der Waals surface area contributed by atoms with Crippen LogP contribution < -0.4 is 0 Å². The van der Waals surface area contributed by atoms with Crippen LogP contribution in [0.25, 0.3) is 0 Å². The summed E-state index contributed by atoms with van der Waals surface area (Å²) in [6, 6.07) is 7.50. The van der Waals surface area contributed by atoms with E-state index < -0.39 is 6.10 Å². The van der Waals surface area contributed by atoms with Crippen LogP contribution in [0.2, 0.25) is 0 Å². The van der Waals surface area contributed by atoms with Gasteiger partial charge in [0.15, 0.2) is 0 Å². The fourth-order valence-electron chi connectivity index (χ4n) is 1.15. The molecule has 1 atom stereocenters. The molecule has 1 aromatic carbocycles. The van der Waals surface area contributed by atoms with Gasteiger partial charge in [-0.2, -0.15) is 10.2 Å². The van der Waals surface area contributed by atoms with Gasteiger partial charge in [0.25, 0.3) is 0 Å². The number of hydrogen-bond acceptors (Lipinski definition) is 3. The molecule has 64 valence electrons. The number of azo groups is 1. The molecule has 1 aliphatic rings. The number of halogens is 1. The predicted octanol–water partition coefficient (Wildman–Crippen LogP) is 2.24. The molecule has 0 radical (unpaired) electrons. The Hall–Kier alpha value is -0.930. The Labute approximate surface area is 76.5 Å². The van der Waals surface area contributed by atoms with E-state index in [1.165, 1.54) is 0 Å². The lowest BCUT2D eigenvalue weighted by molar-refractivity contribution is 0.182. The molecule has 0 spiro atoms. The molecule has 1 heterocycles. The Bertz CT molecular complexity index is 301. The second-order valence-electron chi connectivity index (χ2n) is 2.50. The van der Waals surface area contributed by atoms with E-state index in [4.69, 9.17) is 0 Å². The number of fused-ring (bicyclic) bond motifs is 1. The number of benzene rings is 1. The summed E-state index contributed by atoms with van der Waals surface area (Å²) in [6.07, 6.45) is -0.469. The highest BCUT2D eigenvalue weighted by molar-refractivity contribution is 5.85. The van der Waals surface area contributed by atoms with Gasteiger partial charge in [-0.25, -0.2) is 0 Å². The third-order valence-corrected chi connectivity index (χ3v) is 1.73. The molecule has 0 bridgehead atoms. The standard InChI is InChI=1S/C8H8N2O.ClH/c11-8-5-9-10-7-4-2-1-3-6(7)8;/h1-4,8,11H,5H2;1H. The summed E-state index contributed by atoms with van der Waals surface area (Å²) in [5.74, 6) is 0. The first-order valence-corrected chi connectivity index (χ1v) is 3.52. The van der Waals surface area contributed by atoms with Gasteiger partial charge in [-0.05, 0) is 6.07 Å². The van der Waals surface area contributed by atoms with Crippen LogP contribution in [0.5, 0.6) is 0 Å². The molecule has 1 unspecified atom stereocenters. The van der Waals surface area contributed by atoms with Crippen LogP contribution >= 0.6 is 12.4 Å². The largest absolute Gasteiger partial charge is 0.386 e. The molecule has 1 aromatic rings. The lowest BCUT2D eigenvalue weighted by Crippen LogP contribution is -2.04. The maximum Gasteiger partial charge on any atom is 0.102 e. The van der Waals surface area contributed by atoms with Gasteiger partial charge in [0.2, 0.25) is 0 Å². The van der Waals surface area contributed by atoms with E-state index >= 15 is 0 Å². The predicted molar refractivity (Wildman–Crippen MR) is 48.0 cm³/mol. The minimum atomic E-state index is -0.469. The van der Waals surface area contributed by atoms with Crippen LogP contribution in [0.4, 0.5) is 5.69 Å². The first-order chi connectivity index (χ1) is 5.38. The highest BCUT2D eigenvalue weighted by atomic mass is 35.5. The monoisotopic (exact) mass is 184 g/mol. The number of rotatable bonds is 0. The van der Waals surface area contributed by atoms with Gasteiger partial charge in [0.05, 0.1) is 12.2 Å². The Balaban J connectivity index is 0.000000720. The second kappa shape index (κ2) is 3.65. The van der Waals surface area contributed by atoms with Gasteiger partial charge >= 0.3 is 0 Å². The third-order valence-electron chi connectivity index (χ3n) is 1.73. The van der Waals surface area contributed by atoms with E-state index in [2.05, 4.69) is 10.2 Å². The van der Waals surface area contributed by atoms with Crippen LogP contribution in [0.3, 0.4) is 0 Å². The maximum absolute atomic E-state index is 9.41. The summed E-state index contributed by atoms with van der Waals surface area (Å²) in [6.45, 7) is 0.386. The van der Waals surface area contributed by atoms with Crippen LogP contribution in [0, 0.1) is 0 Å². The third kappa shape index (κ3) is 1.47. The zero-order valence-corrected chi connectivity index (χ0v) is 7.16. The van der Waals surface area contributed by atoms with Crippen LogP contribution in [-0.4, -0.2) is 11.7 Å². The molecule has 1 N–H and O–H groups in total. The smallest absolute Gasteiger partial charge is 0.102 e. The van der Waals surface area contributed by atoms with Crippen molar-refractivity contribution in [3.8, 4) is 0 Å². The topological polar surface area (TPSA) is 45.0 Å². The zero-order valence-electron chi connectivity index (χ0n) is 6.34. The van der Waals surface area contributed by atoms with E-state index in [9.17, 15) is 5.11 Å². The Morgan fingerprint density at radius 3 is 2.83 bits per heavy atom. The SMILES string of the molecule is Cl.OC1CN=Nc2ccccc21. The van der Waals surface area contributed by atoms with Gasteiger partial charge in [-0.15, -0.1) is 12.4 Å². The quantitative estimate of drug-likeness (QED) is 0.661. The average Bonchev–Trinajstić information content (AvgIpc) is 2.06.